The van der Waals surface area contributed by atoms with Crippen LogP contribution in [0.2, 0.25) is 0 Å². The highest BCUT2D eigenvalue weighted by molar-refractivity contribution is 5.80. The third kappa shape index (κ3) is 5.43. The first-order valence-electron chi connectivity index (χ1n) is 10.4. The molecule has 0 aliphatic carbocycles. The standard InChI is InChI=1S/C21H34FN5O/c1-4-23-21(27-9-8-19(16-27)26-10-12-28-13-11-26)24-15-20(25(2)3)17-6-5-7-18(22)14-17/h5-7,14,19-20H,4,8-13,15-16H2,1-3H3,(H,23,24). The van der Waals surface area contributed by atoms with Crippen molar-refractivity contribution in [1.29, 1.82) is 0 Å². The average Bonchev–Trinajstić information content (AvgIpc) is 3.18. The monoisotopic (exact) mass is 391 g/mol. The number of likely N-dealkylation sites (N-methyl/N-ethyl adjacent to an activating group) is 1. The average molecular weight is 392 g/mol. The Morgan fingerprint density at radius 3 is 2.79 bits per heavy atom. The van der Waals surface area contributed by atoms with Crippen LogP contribution >= 0.6 is 0 Å². The number of halogens is 1. The molecule has 2 aliphatic heterocycles. The van der Waals surface area contributed by atoms with Gasteiger partial charge in [-0.2, -0.15) is 0 Å². The number of nitrogens with zero attached hydrogens (tertiary/aromatic N) is 4. The Labute approximate surface area is 168 Å². The van der Waals surface area contributed by atoms with Gasteiger partial charge in [-0.25, -0.2) is 4.39 Å². The van der Waals surface area contributed by atoms with E-state index in [1.165, 1.54) is 6.07 Å². The van der Waals surface area contributed by atoms with Crippen LogP contribution in [0.4, 0.5) is 4.39 Å². The molecule has 156 valence electrons. The zero-order valence-corrected chi connectivity index (χ0v) is 17.4. The fourth-order valence-electron chi connectivity index (χ4n) is 4.05. The summed E-state index contributed by atoms with van der Waals surface area (Å²) in [5.74, 6) is 0.759. The van der Waals surface area contributed by atoms with Crippen LogP contribution in [0.1, 0.15) is 24.9 Å². The maximum absolute atomic E-state index is 13.7. The van der Waals surface area contributed by atoms with Gasteiger partial charge in [0.25, 0.3) is 0 Å². The van der Waals surface area contributed by atoms with E-state index in [9.17, 15) is 4.39 Å². The first-order valence-corrected chi connectivity index (χ1v) is 10.4. The lowest BCUT2D eigenvalue weighted by Gasteiger charge is -2.32. The van der Waals surface area contributed by atoms with Gasteiger partial charge < -0.3 is 19.9 Å². The fourth-order valence-corrected chi connectivity index (χ4v) is 4.05. The van der Waals surface area contributed by atoms with Gasteiger partial charge >= 0.3 is 0 Å². The lowest BCUT2D eigenvalue weighted by molar-refractivity contribution is 0.0195. The van der Waals surface area contributed by atoms with E-state index in [0.717, 1.165) is 63.9 Å². The van der Waals surface area contributed by atoms with Gasteiger partial charge in [0, 0.05) is 38.8 Å². The van der Waals surface area contributed by atoms with Crippen molar-refractivity contribution >= 4 is 5.96 Å². The molecule has 2 atom stereocenters. The minimum absolute atomic E-state index is 0.0435. The van der Waals surface area contributed by atoms with E-state index in [4.69, 9.17) is 9.73 Å². The first kappa shape index (κ1) is 21.0. The van der Waals surface area contributed by atoms with Crippen molar-refractivity contribution in [2.45, 2.75) is 25.4 Å². The van der Waals surface area contributed by atoms with E-state index in [1.54, 1.807) is 12.1 Å². The van der Waals surface area contributed by atoms with Crippen LogP contribution in [0.5, 0.6) is 0 Å². The van der Waals surface area contributed by atoms with Gasteiger partial charge in [-0.05, 0) is 45.1 Å². The first-order chi connectivity index (χ1) is 13.6. The molecule has 2 heterocycles. The van der Waals surface area contributed by atoms with Gasteiger partial charge in [-0.15, -0.1) is 0 Å². The Morgan fingerprint density at radius 1 is 1.32 bits per heavy atom. The van der Waals surface area contributed by atoms with Crippen molar-refractivity contribution in [3.8, 4) is 0 Å². The zero-order chi connectivity index (χ0) is 19.9. The second-order valence-electron chi connectivity index (χ2n) is 7.77. The van der Waals surface area contributed by atoms with E-state index < -0.39 is 0 Å². The molecule has 2 fully saturated rings. The Hall–Kier alpha value is -1.70. The number of hydrogen-bond donors (Lipinski definition) is 1. The Balaban J connectivity index is 1.67. The largest absolute Gasteiger partial charge is 0.379 e. The fraction of sp³-hybridized carbons (Fsp3) is 0.667. The minimum atomic E-state index is -0.201. The summed E-state index contributed by atoms with van der Waals surface area (Å²) in [7, 11) is 4.03. The van der Waals surface area contributed by atoms with Crippen LogP contribution in [0.25, 0.3) is 0 Å². The maximum Gasteiger partial charge on any atom is 0.194 e. The van der Waals surface area contributed by atoms with Crippen molar-refractivity contribution < 1.29 is 9.13 Å². The Morgan fingerprint density at radius 2 is 2.11 bits per heavy atom. The molecular weight excluding hydrogens is 357 g/mol. The summed E-state index contributed by atoms with van der Waals surface area (Å²) >= 11 is 0. The van der Waals surface area contributed by atoms with Gasteiger partial charge in [0.1, 0.15) is 5.82 Å². The summed E-state index contributed by atoms with van der Waals surface area (Å²) in [5.41, 5.74) is 0.956. The molecule has 2 unspecified atom stereocenters. The van der Waals surface area contributed by atoms with Gasteiger partial charge in [-0.3, -0.25) is 9.89 Å². The summed E-state index contributed by atoms with van der Waals surface area (Å²) in [6.45, 7) is 9.26. The quantitative estimate of drug-likeness (QED) is 0.592. The molecule has 1 aromatic carbocycles. The number of likely N-dealkylation sites (tertiary alicyclic amines) is 1. The molecule has 0 aromatic heterocycles. The number of rotatable bonds is 6. The van der Waals surface area contributed by atoms with Crippen molar-refractivity contribution in [1.82, 2.24) is 20.0 Å². The molecule has 2 aliphatic rings. The van der Waals surface area contributed by atoms with Crippen LogP contribution in [0.15, 0.2) is 29.3 Å². The third-order valence-corrected chi connectivity index (χ3v) is 5.63. The van der Waals surface area contributed by atoms with Crippen molar-refractivity contribution in [3.05, 3.63) is 35.6 Å². The molecule has 6 nitrogen and oxygen atoms in total. The van der Waals surface area contributed by atoms with Gasteiger partial charge in [0.2, 0.25) is 0 Å². The van der Waals surface area contributed by atoms with E-state index in [1.807, 2.05) is 20.2 Å². The van der Waals surface area contributed by atoms with Crippen LogP contribution in [-0.2, 0) is 4.74 Å². The lowest BCUT2D eigenvalue weighted by atomic mass is 10.1. The van der Waals surface area contributed by atoms with Crippen molar-refractivity contribution in [2.75, 3.05) is 66.6 Å². The number of aliphatic imine (C=N–C) groups is 1. The van der Waals surface area contributed by atoms with E-state index in [2.05, 4.69) is 26.9 Å². The number of benzene rings is 1. The van der Waals surface area contributed by atoms with Crippen molar-refractivity contribution in [2.24, 2.45) is 4.99 Å². The minimum Gasteiger partial charge on any atom is -0.379 e. The van der Waals surface area contributed by atoms with Crippen LogP contribution in [-0.4, -0.2) is 93.3 Å². The number of ether oxygens (including phenoxy) is 1. The predicted octanol–water partition coefficient (Wildman–Crippen LogP) is 1.80. The van der Waals surface area contributed by atoms with Crippen molar-refractivity contribution in [3.63, 3.8) is 0 Å². The summed E-state index contributed by atoms with van der Waals surface area (Å²) < 4.78 is 19.2. The third-order valence-electron chi connectivity index (χ3n) is 5.63. The highest BCUT2D eigenvalue weighted by atomic mass is 19.1. The van der Waals surface area contributed by atoms with Gasteiger partial charge in [0.15, 0.2) is 5.96 Å². The highest BCUT2D eigenvalue weighted by Crippen LogP contribution is 2.21. The molecule has 0 spiro atoms. The molecule has 2 saturated heterocycles. The second-order valence-corrected chi connectivity index (χ2v) is 7.77. The van der Waals surface area contributed by atoms with Crippen LogP contribution in [0, 0.1) is 5.82 Å². The van der Waals surface area contributed by atoms with Gasteiger partial charge in [0.05, 0.1) is 25.8 Å². The van der Waals surface area contributed by atoms with Gasteiger partial charge in [-0.1, -0.05) is 12.1 Å². The van der Waals surface area contributed by atoms with Crippen LogP contribution in [0.3, 0.4) is 0 Å². The SMILES string of the molecule is CCNC(=NCC(c1cccc(F)c1)N(C)C)N1CCC(N2CCOCC2)C1. The second kappa shape index (κ2) is 10.2. The smallest absolute Gasteiger partial charge is 0.194 e. The molecule has 0 bridgehead atoms. The van der Waals surface area contributed by atoms with E-state index in [0.29, 0.717) is 12.6 Å². The van der Waals surface area contributed by atoms with E-state index >= 15 is 0 Å². The predicted molar refractivity (Wildman–Crippen MR) is 111 cm³/mol. The number of morpholine rings is 1. The van der Waals surface area contributed by atoms with E-state index in [-0.39, 0.29) is 11.9 Å². The molecule has 28 heavy (non-hydrogen) atoms. The number of guanidine groups is 1. The molecule has 0 saturated carbocycles. The lowest BCUT2D eigenvalue weighted by Crippen LogP contribution is -2.46. The summed E-state index contributed by atoms with van der Waals surface area (Å²) in [6.07, 6.45) is 1.16. The molecule has 7 heteroatoms. The Kier molecular flexibility index (Phi) is 7.65. The summed E-state index contributed by atoms with van der Waals surface area (Å²) in [6, 6.07) is 7.45. The number of hydrogen-bond acceptors (Lipinski definition) is 4. The Bertz CT molecular complexity index is 647. The zero-order valence-electron chi connectivity index (χ0n) is 17.4. The molecule has 0 amide bonds. The molecular formula is C21H34FN5O. The molecule has 0 radical (unpaired) electrons. The topological polar surface area (TPSA) is 43.3 Å². The molecule has 1 N–H and O–H groups in total. The summed E-state index contributed by atoms with van der Waals surface area (Å²) in [4.78, 5) is 11.9. The molecule has 3 rings (SSSR count). The maximum atomic E-state index is 13.7. The molecule has 1 aromatic rings. The summed E-state index contributed by atoms with van der Waals surface area (Å²) in [5, 5.41) is 3.45. The highest BCUT2D eigenvalue weighted by Gasteiger charge is 2.30. The van der Waals surface area contributed by atoms with Crippen LogP contribution < -0.4 is 5.32 Å². The normalized spacial score (nSPS) is 22.7. The number of nitrogens with one attached hydrogen (secondary N) is 1.